The summed E-state index contributed by atoms with van der Waals surface area (Å²) >= 11 is 0. The van der Waals surface area contributed by atoms with Crippen molar-refractivity contribution in [2.75, 3.05) is 20.6 Å². The van der Waals surface area contributed by atoms with E-state index in [0.717, 1.165) is 0 Å². The molecule has 6 nitrogen and oxygen atoms in total. The van der Waals surface area contributed by atoms with E-state index >= 15 is 0 Å². The van der Waals surface area contributed by atoms with Gasteiger partial charge in [0, 0.05) is 19.4 Å². The molecule has 0 unspecified atom stereocenters. The van der Waals surface area contributed by atoms with E-state index in [2.05, 4.69) is 0 Å². The molecule has 0 N–H and O–H groups in total. The maximum Gasteiger partial charge on any atom is 0.340 e. The van der Waals surface area contributed by atoms with E-state index in [1.54, 1.807) is 13.8 Å². The number of hydroxylamine groups is 2. The van der Waals surface area contributed by atoms with Crippen LogP contribution >= 0.6 is 0 Å². The van der Waals surface area contributed by atoms with Gasteiger partial charge in [0.25, 0.3) is 11.8 Å². The highest BCUT2D eigenvalue weighted by molar-refractivity contribution is 6.01. The number of amides is 2. The van der Waals surface area contributed by atoms with Crippen LogP contribution < -0.4 is 0 Å². The van der Waals surface area contributed by atoms with Gasteiger partial charge in [-0.25, -0.2) is 4.79 Å². The predicted octanol–water partition coefficient (Wildman–Crippen LogP) is 0.181. The number of carbonyl (C=O) groups is 3. The molecule has 1 saturated heterocycles. The van der Waals surface area contributed by atoms with Crippen molar-refractivity contribution < 1.29 is 19.2 Å². The minimum absolute atomic E-state index is 0.111. The zero-order valence-electron chi connectivity index (χ0n) is 10.6. The van der Waals surface area contributed by atoms with Crippen LogP contribution in [0.25, 0.3) is 0 Å². The monoisotopic (exact) mass is 242 g/mol. The molecule has 0 atom stereocenters. The van der Waals surface area contributed by atoms with Crippen molar-refractivity contribution in [3.63, 3.8) is 0 Å². The fourth-order valence-electron chi connectivity index (χ4n) is 1.72. The van der Waals surface area contributed by atoms with Gasteiger partial charge < -0.3 is 9.74 Å². The summed E-state index contributed by atoms with van der Waals surface area (Å²) in [4.78, 5) is 41.1. The maximum absolute atomic E-state index is 11.9. The number of hydrogen-bond acceptors (Lipinski definition) is 5. The third-order valence-corrected chi connectivity index (χ3v) is 2.44. The highest BCUT2D eigenvalue weighted by Gasteiger charge is 2.38. The molecular weight excluding hydrogens is 224 g/mol. The second-order valence-corrected chi connectivity index (χ2v) is 5.08. The average Bonchev–Trinajstić information content (AvgIpc) is 2.47. The van der Waals surface area contributed by atoms with Crippen molar-refractivity contribution in [1.29, 1.82) is 0 Å². The Morgan fingerprint density at radius 1 is 1.29 bits per heavy atom. The molecule has 17 heavy (non-hydrogen) atoms. The van der Waals surface area contributed by atoms with Crippen molar-refractivity contribution >= 4 is 17.8 Å². The number of nitrogens with zero attached hydrogens (tertiary/aromatic N) is 2. The standard InChI is InChI=1S/C11H18N2O4/c1-11(2,7-12(3)4)10(16)17-13-8(14)5-6-9(13)15/h5-7H2,1-4H3. The molecule has 1 aliphatic heterocycles. The maximum atomic E-state index is 11.9. The third kappa shape index (κ3) is 3.26. The first-order valence-corrected chi connectivity index (χ1v) is 5.47. The van der Waals surface area contributed by atoms with E-state index in [9.17, 15) is 14.4 Å². The Morgan fingerprint density at radius 3 is 2.18 bits per heavy atom. The van der Waals surface area contributed by atoms with E-state index in [4.69, 9.17) is 4.84 Å². The molecule has 0 radical (unpaired) electrons. The average molecular weight is 242 g/mol. The van der Waals surface area contributed by atoms with Crippen LogP contribution in [0.4, 0.5) is 0 Å². The normalized spacial score (nSPS) is 16.9. The number of carbonyl (C=O) groups excluding carboxylic acids is 3. The molecule has 1 fully saturated rings. The molecule has 1 rings (SSSR count). The van der Waals surface area contributed by atoms with Gasteiger partial charge in [-0.15, -0.1) is 5.06 Å². The Kier molecular flexibility index (Phi) is 3.87. The van der Waals surface area contributed by atoms with Gasteiger partial charge >= 0.3 is 5.97 Å². The van der Waals surface area contributed by atoms with Gasteiger partial charge in [-0.2, -0.15) is 0 Å². The summed E-state index contributed by atoms with van der Waals surface area (Å²) in [6.07, 6.45) is 0.223. The van der Waals surface area contributed by atoms with Crippen molar-refractivity contribution in [3.05, 3.63) is 0 Å². The van der Waals surface area contributed by atoms with Gasteiger partial charge in [0.05, 0.1) is 5.41 Å². The van der Waals surface area contributed by atoms with Crippen LogP contribution in [0.3, 0.4) is 0 Å². The second-order valence-electron chi connectivity index (χ2n) is 5.08. The van der Waals surface area contributed by atoms with Crippen molar-refractivity contribution in [2.24, 2.45) is 5.41 Å². The SMILES string of the molecule is CN(C)CC(C)(C)C(=O)ON1C(=O)CCC1=O. The first kappa shape index (κ1) is 13.6. The number of rotatable bonds is 4. The molecule has 0 bridgehead atoms. The summed E-state index contributed by atoms with van der Waals surface area (Å²) in [5.74, 6) is -1.48. The van der Waals surface area contributed by atoms with Gasteiger partial charge in [0.15, 0.2) is 0 Å². The number of hydrogen-bond donors (Lipinski definition) is 0. The zero-order valence-corrected chi connectivity index (χ0v) is 10.6. The summed E-state index contributed by atoms with van der Waals surface area (Å²) in [6.45, 7) is 3.89. The van der Waals surface area contributed by atoms with E-state index in [-0.39, 0.29) is 12.8 Å². The third-order valence-electron chi connectivity index (χ3n) is 2.44. The largest absolute Gasteiger partial charge is 0.340 e. The molecular formula is C11H18N2O4. The Morgan fingerprint density at radius 2 is 1.76 bits per heavy atom. The highest BCUT2D eigenvalue weighted by Crippen LogP contribution is 2.21. The van der Waals surface area contributed by atoms with Gasteiger partial charge in [0.1, 0.15) is 0 Å². The predicted molar refractivity (Wildman–Crippen MR) is 59.5 cm³/mol. The van der Waals surface area contributed by atoms with Crippen LogP contribution in [-0.4, -0.2) is 48.4 Å². The lowest BCUT2D eigenvalue weighted by Gasteiger charge is -2.27. The number of imide groups is 1. The molecule has 0 saturated carbocycles. The Balaban J connectivity index is 2.65. The molecule has 2 amide bonds. The summed E-state index contributed by atoms with van der Waals surface area (Å²) in [5.41, 5.74) is -0.771. The van der Waals surface area contributed by atoms with Crippen molar-refractivity contribution in [1.82, 2.24) is 9.96 Å². The summed E-state index contributed by atoms with van der Waals surface area (Å²) in [7, 11) is 3.67. The molecule has 1 aliphatic rings. The van der Waals surface area contributed by atoms with E-state index in [1.807, 2.05) is 19.0 Å². The first-order chi connectivity index (χ1) is 7.74. The molecule has 1 heterocycles. The molecule has 0 aliphatic carbocycles. The summed E-state index contributed by atoms with van der Waals surface area (Å²) in [6, 6.07) is 0. The first-order valence-electron chi connectivity index (χ1n) is 5.47. The molecule has 96 valence electrons. The Hall–Kier alpha value is -1.43. The zero-order chi connectivity index (χ0) is 13.2. The van der Waals surface area contributed by atoms with Gasteiger partial charge in [0.2, 0.25) is 0 Å². The van der Waals surface area contributed by atoms with Crippen LogP contribution in [-0.2, 0) is 19.2 Å². The fraction of sp³-hybridized carbons (Fsp3) is 0.727. The van der Waals surface area contributed by atoms with E-state index in [0.29, 0.717) is 11.6 Å². The molecule has 0 aromatic heterocycles. The molecule has 0 aromatic carbocycles. The Labute approximate surface area is 100 Å². The van der Waals surface area contributed by atoms with Gasteiger partial charge in [-0.05, 0) is 27.9 Å². The minimum Gasteiger partial charge on any atom is -0.330 e. The fourth-order valence-corrected chi connectivity index (χ4v) is 1.72. The summed E-state index contributed by atoms with van der Waals surface area (Å²) < 4.78 is 0. The van der Waals surface area contributed by atoms with E-state index < -0.39 is 23.2 Å². The minimum atomic E-state index is -0.771. The van der Waals surface area contributed by atoms with Gasteiger partial charge in [-0.3, -0.25) is 9.59 Å². The topological polar surface area (TPSA) is 66.9 Å². The molecule has 0 spiro atoms. The lowest BCUT2D eigenvalue weighted by Crippen LogP contribution is -2.42. The van der Waals surface area contributed by atoms with Crippen LogP contribution in [0.1, 0.15) is 26.7 Å². The van der Waals surface area contributed by atoms with Crippen LogP contribution in [0.2, 0.25) is 0 Å². The second kappa shape index (κ2) is 4.83. The summed E-state index contributed by atoms with van der Waals surface area (Å²) in [5, 5.41) is 0.583. The highest BCUT2D eigenvalue weighted by atomic mass is 16.7. The van der Waals surface area contributed by atoms with Crippen LogP contribution in [0.5, 0.6) is 0 Å². The lowest BCUT2D eigenvalue weighted by atomic mass is 9.93. The lowest BCUT2D eigenvalue weighted by molar-refractivity contribution is -0.204. The van der Waals surface area contributed by atoms with Crippen LogP contribution in [0, 0.1) is 5.41 Å². The molecule has 0 aromatic rings. The van der Waals surface area contributed by atoms with Gasteiger partial charge in [-0.1, -0.05) is 0 Å². The van der Waals surface area contributed by atoms with Crippen LogP contribution in [0.15, 0.2) is 0 Å². The quantitative estimate of drug-likeness (QED) is 0.658. The molecule has 6 heteroatoms. The van der Waals surface area contributed by atoms with Crippen molar-refractivity contribution in [2.45, 2.75) is 26.7 Å². The Bertz CT molecular complexity index is 333. The van der Waals surface area contributed by atoms with Crippen molar-refractivity contribution in [3.8, 4) is 0 Å². The smallest absolute Gasteiger partial charge is 0.330 e. The van der Waals surface area contributed by atoms with E-state index in [1.165, 1.54) is 0 Å².